The summed E-state index contributed by atoms with van der Waals surface area (Å²) >= 11 is 6.09. The summed E-state index contributed by atoms with van der Waals surface area (Å²) in [4.78, 5) is 0. The molecule has 0 bridgehead atoms. The Bertz CT molecular complexity index is 416. The first-order valence-corrected chi connectivity index (χ1v) is 8.10. The van der Waals surface area contributed by atoms with Crippen molar-refractivity contribution in [2.75, 3.05) is 11.6 Å². The van der Waals surface area contributed by atoms with Crippen molar-refractivity contribution in [2.24, 2.45) is 0 Å². The Hall–Kier alpha value is -0.540. The number of rotatable bonds is 4. The SMILES string of the molecule is CS(=O)Cc1cc(NC2CCCC2)ccc1Cl. The Morgan fingerprint density at radius 1 is 1.41 bits per heavy atom. The maximum absolute atomic E-state index is 11.3. The predicted molar refractivity (Wildman–Crippen MR) is 75.1 cm³/mol. The van der Waals surface area contributed by atoms with Gasteiger partial charge in [-0.1, -0.05) is 24.4 Å². The van der Waals surface area contributed by atoms with E-state index in [0.29, 0.717) is 16.8 Å². The number of benzene rings is 1. The summed E-state index contributed by atoms with van der Waals surface area (Å²) in [6.07, 6.45) is 6.83. The summed E-state index contributed by atoms with van der Waals surface area (Å²) in [5.74, 6) is 0.527. The van der Waals surface area contributed by atoms with Gasteiger partial charge in [-0.2, -0.15) is 0 Å². The van der Waals surface area contributed by atoms with Crippen LogP contribution in [0.1, 0.15) is 31.2 Å². The Morgan fingerprint density at radius 3 is 2.76 bits per heavy atom. The van der Waals surface area contributed by atoms with Gasteiger partial charge >= 0.3 is 0 Å². The van der Waals surface area contributed by atoms with Gasteiger partial charge < -0.3 is 5.32 Å². The predicted octanol–water partition coefficient (Wildman–Crippen LogP) is 3.57. The molecule has 2 rings (SSSR count). The quantitative estimate of drug-likeness (QED) is 0.907. The first-order valence-electron chi connectivity index (χ1n) is 6.00. The fourth-order valence-corrected chi connectivity index (χ4v) is 3.24. The van der Waals surface area contributed by atoms with Gasteiger partial charge in [0, 0.05) is 39.6 Å². The zero-order chi connectivity index (χ0) is 12.3. The van der Waals surface area contributed by atoms with E-state index >= 15 is 0 Å². The van der Waals surface area contributed by atoms with Crippen LogP contribution in [-0.4, -0.2) is 16.5 Å². The molecule has 4 heteroatoms. The fraction of sp³-hybridized carbons (Fsp3) is 0.538. The Kier molecular flexibility index (Phi) is 4.46. The average Bonchev–Trinajstić information content (AvgIpc) is 2.75. The van der Waals surface area contributed by atoms with Crippen LogP contribution in [0.5, 0.6) is 0 Å². The maximum Gasteiger partial charge on any atom is 0.0498 e. The number of nitrogens with one attached hydrogen (secondary N) is 1. The highest BCUT2D eigenvalue weighted by molar-refractivity contribution is 7.83. The normalized spacial score (nSPS) is 18.2. The molecule has 94 valence electrons. The van der Waals surface area contributed by atoms with Gasteiger partial charge in [0.25, 0.3) is 0 Å². The summed E-state index contributed by atoms with van der Waals surface area (Å²) in [7, 11) is -0.851. The molecular weight excluding hydrogens is 254 g/mol. The van der Waals surface area contributed by atoms with Crippen molar-refractivity contribution in [2.45, 2.75) is 37.5 Å². The van der Waals surface area contributed by atoms with Crippen molar-refractivity contribution in [1.29, 1.82) is 0 Å². The summed E-state index contributed by atoms with van der Waals surface area (Å²) < 4.78 is 11.3. The van der Waals surface area contributed by atoms with Crippen molar-refractivity contribution in [1.82, 2.24) is 0 Å². The molecule has 1 aromatic carbocycles. The molecule has 1 atom stereocenters. The number of hydrogen-bond acceptors (Lipinski definition) is 2. The summed E-state index contributed by atoms with van der Waals surface area (Å²) in [6, 6.07) is 6.52. The van der Waals surface area contributed by atoms with Crippen molar-refractivity contribution < 1.29 is 4.21 Å². The highest BCUT2D eigenvalue weighted by Gasteiger charge is 2.14. The third-order valence-corrected chi connectivity index (χ3v) is 4.22. The molecule has 2 nitrogen and oxygen atoms in total. The Morgan fingerprint density at radius 2 is 2.12 bits per heavy atom. The summed E-state index contributed by atoms with van der Waals surface area (Å²) in [6.45, 7) is 0. The van der Waals surface area contributed by atoms with Gasteiger partial charge in [0.2, 0.25) is 0 Å². The second-order valence-electron chi connectivity index (χ2n) is 4.65. The van der Waals surface area contributed by atoms with Gasteiger partial charge in [-0.3, -0.25) is 4.21 Å². The fourth-order valence-electron chi connectivity index (χ4n) is 2.30. The molecule has 0 heterocycles. The van der Waals surface area contributed by atoms with Crippen molar-refractivity contribution in [3.8, 4) is 0 Å². The van der Waals surface area contributed by atoms with Gasteiger partial charge in [-0.05, 0) is 36.6 Å². The van der Waals surface area contributed by atoms with E-state index in [9.17, 15) is 4.21 Å². The van der Waals surface area contributed by atoms with Crippen molar-refractivity contribution >= 4 is 28.1 Å². The van der Waals surface area contributed by atoms with E-state index in [0.717, 1.165) is 11.3 Å². The largest absolute Gasteiger partial charge is 0.382 e. The second-order valence-corrected chi connectivity index (χ2v) is 6.49. The third-order valence-electron chi connectivity index (χ3n) is 3.13. The highest BCUT2D eigenvalue weighted by atomic mass is 35.5. The van der Waals surface area contributed by atoms with Crippen molar-refractivity contribution in [3.63, 3.8) is 0 Å². The van der Waals surface area contributed by atoms with E-state index in [4.69, 9.17) is 11.6 Å². The smallest absolute Gasteiger partial charge is 0.0498 e. The van der Waals surface area contributed by atoms with E-state index in [1.54, 1.807) is 6.26 Å². The zero-order valence-corrected chi connectivity index (χ0v) is 11.6. The van der Waals surface area contributed by atoms with Crippen molar-refractivity contribution in [3.05, 3.63) is 28.8 Å². The molecule has 1 unspecified atom stereocenters. The van der Waals surface area contributed by atoms with Crippen LogP contribution < -0.4 is 5.32 Å². The zero-order valence-electron chi connectivity index (χ0n) is 10.0. The van der Waals surface area contributed by atoms with Crippen LogP contribution in [0.25, 0.3) is 0 Å². The highest BCUT2D eigenvalue weighted by Crippen LogP contribution is 2.26. The number of anilines is 1. The second kappa shape index (κ2) is 5.87. The molecule has 1 aliphatic carbocycles. The minimum Gasteiger partial charge on any atom is -0.382 e. The molecule has 17 heavy (non-hydrogen) atoms. The standard InChI is InChI=1S/C13H18ClNOS/c1-17(16)9-10-8-12(6-7-13(10)14)15-11-4-2-3-5-11/h6-8,11,15H,2-5,9H2,1H3. The number of halogens is 1. The lowest BCUT2D eigenvalue weighted by molar-refractivity contribution is 0.686. The molecule has 0 radical (unpaired) electrons. The van der Waals surface area contributed by atoms with E-state index in [2.05, 4.69) is 5.32 Å². The van der Waals surface area contributed by atoms with Gasteiger partial charge in [0.1, 0.15) is 0 Å². The summed E-state index contributed by atoms with van der Waals surface area (Å²) in [5.41, 5.74) is 2.07. The molecule has 1 N–H and O–H groups in total. The van der Waals surface area contributed by atoms with E-state index in [1.165, 1.54) is 25.7 Å². The molecule has 0 amide bonds. The lowest BCUT2D eigenvalue weighted by Gasteiger charge is -2.14. The molecule has 0 spiro atoms. The molecule has 1 aliphatic rings. The van der Waals surface area contributed by atoms with Crippen LogP contribution in [-0.2, 0) is 16.6 Å². The monoisotopic (exact) mass is 271 g/mol. The van der Waals surface area contributed by atoms with E-state index in [1.807, 2.05) is 18.2 Å². The van der Waals surface area contributed by atoms with E-state index < -0.39 is 10.8 Å². The molecule has 1 saturated carbocycles. The van der Waals surface area contributed by atoms with Gasteiger partial charge in [-0.25, -0.2) is 0 Å². The van der Waals surface area contributed by atoms with Crippen LogP contribution >= 0.6 is 11.6 Å². The minimum absolute atomic E-state index is 0.527. The van der Waals surface area contributed by atoms with Crippen LogP contribution in [0.2, 0.25) is 5.02 Å². The Balaban J connectivity index is 2.09. The summed E-state index contributed by atoms with van der Waals surface area (Å²) in [5, 5.41) is 4.23. The minimum atomic E-state index is -0.851. The first-order chi connectivity index (χ1) is 8.15. The topological polar surface area (TPSA) is 29.1 Å². The lowest BCUT2D eigenvalue weighted by Crippen LogP contribution is -2.14. The average molecular weight is 272 g/mol. The lowest BCUT2D eigenvalue weighted by atomic mass is 10.2. The molecule has 0 aliphatic heterocycles. The van der Waals surface area contributed by atoms with Gasteiger partial charge in [-0.15, -0.1) is 0 Å². The van der Waals surface area contributed by atoms with E-state index in [-0.39, 0.29) is 0 Å². The molecule has 1 fully saturated rings. The van der Waals surface area contributed by atoms with Crippen LogP contribution in [0.15, 0.2) is 18.2 Å². The Labute approximate surface area is 110 Å². The first kappa shape index (κ1) is 12.9. The molecule has 0 saturated heterocycles. The molecular formula is C13H18ClNOS. The van der Waals surface area contributed by atoms with Gasteiger partial charge in [0.15, 0.2) is 0 Å². The van der Waals surface area contributed by atoms with Gasteiger partial charge in [0.05, 0.1) is 0 Å². The molecule has 0 aromatic heterocycles. The van der Waals surface area contributed by atoms with Crippen LogP contribution in [0.3, 0.4) is 0 Å². The number of hydrogen-bond donors (Lipinski definition) is 1. The van der Waals surface area contributed by atoms with Crippen LogP contribution in [0.4, 0.5) is 5.69 Å². The maximum atomic E-state index is 11.3. The molecule has 1 aromatic rings. The third kappa shape index (κ3) is 3.71. The van der Waals surface area contributed by atoms with Crippen LogP contribution in [0, 0.1) is 0 Å².